The molecule has 2 rings (SSSR count). The van der Waals surface area contributed by atoms with Crippen LogP contribution >= 0.6 is 11.3 Å². The molecule has 3 N–H and O–H groups in total. The third-order valence-corrected chi connectivity index (χ3v) is 4.11. The number of rotatable bonds is 6. The Morgan fingerprint density at radius 1 is 1.43 bits per heavy atom. The number of aromatic nitrogens is 1. The van der Waals surface area contributed by atoms with Crippen molar-refractivity contribution in [1.82, 2.24) is 10.3 Å². The molecule has 0 saturated carbocycles. The SMILES string of the molecule is CCC(CO)NC(=O)Nc1ncc(Cc2ccc(F)cc2F)s1. The van der Waals surface area contributed by atoms with Gasteiger partial charge in [-0.1, -0.05) is 13.0 Å². The molecule has 2 amide bonds. The number of carbonyl (C=O) groups is 1. The minimum Gasteiger partial charge on any atom is -0.394 e. The van der Waals surface area contributed by atoms with Crippen LogP contribution in [0, 0.1) is 11.6 Å². The highest BCUT2D eigenvalue weighted by molar-refractivity contribution is 7.15. The van der Waals surface area contributed by atoms with Crippen LogP contribution in [0.15, 0.2) is 24.4 Å². The van der Waals surface area contributed by atoms with Crippen LogP contribution in [-0.4, -0.2) is 28.8 Å². The maximum absolute atomic E-state index is 13.6. The summed E-state index contributed by atoms with van der Waals surface area (Å²) in [6.45, 7) is 1.71. The second-order valence-corrected chi connectivity index (χ2v) is 6.05. The van der Waals surface area contributed by atoms with Crippen molar-refractivity contribution in [3.8, 4) is 0 Å². The Bertz CT molecular complexity index is 674. The molecule has 1 heterocycles. The number of benzene rings is 1. The molecular formula is C15H17F2N3O2S. The van der Waals surface area contributed by atoms with Gasteiger partial charge in [-0.3, -0.25) is 5.32 Å². The normalized spacial score (nSPS) is 12.0. The average molecular weight is 341 g/mol. The number of nitrogens with one attached hydrogen (secondary N) is 2. The van der Waals surface area contributed by atoms with Gasteiger partial charge in [0.05, 0.1) is 12.6 Å². The number of urea groups is 1. The Labute approximate surface area is 136 Å². The van der Waals surface area contributed by atoms with E-state index in [1.807, 2.05) is 6.92 Å². The Morgan fingerprint density at radius 3 is 2.87 bits per heavy atom. The number of nitrogens with zero attached hydrogens (tertiary/aromatic N) is 1. The van der Waals surface area contributed by atoms with Crippen molar-refractivity contribution < 1.29 is 18.7 Å². The highest BCUT2D eigenvalue weighted by Gasteiger charge is 2.12. The van der Waals surface area contributed by atoms with Crippen molar-refractivity contribution in [2.45, 2.75) is 25.8 Å². The summed E-state index contributed by atoms with van der Waals surface area (Å²) in [6.07, 6.45) is 2.41. The van der Waals surface area contributed by atoms with Crippen LogP contribution in [0.3, 0.4) is 0 Å². The number of hydrogen-bond donors (Lipinski definition) is 3. The lowest BCUT2D eigenvalue weighted by Gasteiger charge is -2.13. The quantitative estimate of drug-likeness (QED) is 0.756. The zero-order valence-corrected chi connectivity index (χ0v) is 13.3. The van der Waals surface area contributed by atoms with Gasteiger partial charge in [0.15, 0.2) is 5.13 Å². The zero-order valence-electron chi connectivity index (χ0n) is 12.5. The molecule has 124 valence electrons. The van der Waals surface area contributed by atoms with Gasteiger partial charge < -0.3 is 10.4 Å². The van der Waals surface area contributed by atoms with Gasteiger partial charge in [-0.15, -0.1) is 11.3 Å². The van der Waals surface area contributed by atoms with Crippen molar-refractivity contribution in [1.29, 1.82) is 0 Å². The van der Waals surface area contributed by atoms with Crippen LogP contribution in [-0.2, 0) is 6.42 Å². The van der Waals surface area contributed by atoms with E-state index in [1.165, 1.54) is 29.7 Å². The Morgan fingerprint density at radius 2 is 2.22 bits per heavy atom. The molecule has 0 radical (unpaired) electrons. The third-order valence-electron chi connectivity index (χ3n) is 3.20. The molecule has 2 aromatic rings. The Kier molecular flexibility index (Phi) is 6.00. The van der Waals surface area contributed by atoms with E-state index in [0.29, 0.717) is 17.1 Å². The molecule has 0 aliphatic heterocycles. The lowest BCUT2D eigenvalue weighted by molar-refractivity contribution is 0.222. The third kappa shape index (κ3) is 4.97. The molecule has 0 fully saturated rings. The molecule has 0 spiro atoms. The summed E-state index contributed by atoms with van der Waals surface area (Å²) in [5.41, 5.74) is 0.359. The number of amides is 2. The van der Waals surface area contributed by atoms with E-state index < -0.39 is 17.7 Å². The average Bonchev–Trinajstić information content (AvgIpc) is 2.94. The van der Waals surface area contributed by atoms with E-state index >= 15 is 0 Å². The van der Waals surface area contributed by atoms with Crippen molar-refractivity contribution in [3.05, 3.63) is 46.5 Å². The highest BCUT2D eigenvalue weighted by atomic mass is 32.1. The lowest BCUT2D eigenvalue weighted by Crippen LogP contribution is -2.39. The van der Waals surface area contributed by atoms with Gasteiger partial charge in [-0.2, -0.15) is 0 Å². The first-order valence-electron chi connectivity index (χ1n) is 7.08. The minimum atomic E-state index is -0.621. The predicted octanol–water partition coefficient (Wildman–Crippen LogP) is 2.90. The monoisotopic (exact) mass is 341 g/mol. The summed E-state index contributed by atoms with van der Waals surface area (Å²) in [7, 11) is 0. The smallest absolute Gasteiger partial charge is 0.321 e. The van der Waals surface area contributed by atoms with Crippen molar-refractivity contribution in [2.24, 2.45) is 0 Å². The topological polar surface area (TPSA) is 74.2 Å². The summed E-state index contributed by atoms with van der Waals surface area (Å²) < 4.78 is 26.5. The molecule has 1 aromatic carbocycles. The zero-order chi connectivity index (χ0) is 16.8. The molecule has 1 atom stereocenters. The maximum Gasteiger partial charge on any atom is 0.321 e. The molecule has 8 heteroatoms. The predicted molar refractivity (Wildman–Crippen MR) is 84.6 cm³/mol. The standard InChI is InChI=1S/C15H17F2N3O2S/c1-2-11(8-21)19-14(22)20-15-18-7-12(23-15)5-9-3-4-10(16)6-13(9)17/h3-4,6-7,11,21H,2,5,8H2,1H3,(H2,18,19,20,22). The molecule has 23 heavy (non-hydrogen) atoms. The fraction of sp³-hybridized carbons (Fsp3) is 0.333. The Balaban J connectivity index is 1.96. The van der Waals surface area contributed by atoms with E-state index in [-0.39, 0.29) is 19.1 Å². The van der Waals surface area contributed by atoms with Gasteiger partial charge in [-0.25, -0.2) is 18.6 Å². The second kappa shape index (κ2) is 7.98. The van der Waals surface area contributed by atoms with E-state index in [0.717, 1.165) is 10.9 Å². The van der Waals surface area contributed by atoms with Gasteiger partial charge in [0.25, 0.3) is 0 Å². The maximum atomic E-state index is 13.6. The minimum absolute atomic E-state index is 0.142. The summed E-state index contributed by atoms with van der Waals surface area (Å²) in [4.78, 5) is 16.5. The van der Waals surface area contributed by atoms with E-state index in [2.05, 4.69) is 15.6 Å². The molecule has 0 aliphatic rings. The number of thiazole rings is 1. The van der Waals surface area contributed by atoms with Gasteiger partial charge in [-0.05, 0) is 18.1 Å². The summed E-state index contributed by atoms with van der Waals surface area (Å²) in [5.74, 6) is -1.23. The number of halogens is 2. The number of aliphatic hydroxyl groups is 1. The first-order valence-corrected chi connectivity index (χ1v) is 7.90. The lowest BCUT2D eigenvalue weighted by atomic mass is 10.1. The molecule has 5 nitrogen and oxygen atoms in total. The van der Waals surface area contributed by atoms with Gasteiger partial charge >= 0.3 is 6.03 Å². The van der Waals surface area contributed by atoms with Crippen LogP contribution in [0.25, 0.3) is 0 Å². The Hall–Kier alpha value is -2.06. The molecule has 0 aliphatic carbocycles. The molecule has 1 unspecified atom stereocenters. The van der Waals surface area contributed by atoms with Gasteiger partial charge in [0.2, 0.25) is 0 Å². The fourth-order valence-corrected chi connectivity index (χ4v) is 2.73. The van der Waals surface area contributed by atoms with Gasteiger partial charge in [0.1, 0.15) is 11.6 Å². The van der Waals surface area contributed by atoms with Crippen molar-refractivity contribution in [2.75, 3.05) is 11.9 Å². The van der Waals surface area contributed by atoms with E-state index in [4.69, 9.17) is 5.11 Å². The number of aliphatic hydroxyl groups excluding tert-OH is 1. The highest BCUT2D eigenvalue weighted by Crippen LogP contribution is 2.22. The molecule has 0 bridgehead atoms. The first-order chi connectivity index (χ1) is 11.0. The first kappa shape index (κ1) is 17.3. The van der Waals surface area contributed by atoms with Crippen LogP contribution in [0.4, 0.5) is 18.7 Å². The number of carbonyl (C=O) groups excluding carboxylic acids is 1. The van der Waals surface area contributed by atoms with Crippen LogP contribution in [0.2, 0.25) is 0 Å². The van der Waals surface area contributed by atoms with E-state index in [1.54, 1.807) is 0 Å². The van der Waals surface area contributed by atoms with Crippen molar-refractivity contribution >= 4 is 22.5 Å². The van der Waals surface area contributed by atoms with Crippen LogP contribution < -0.4 is 10.6 Å². The number of anilines is 1. The van der Waals surface area contributed by atoms with Gasteiger partial charge in [0, 0.05) is 23.6 Å². The fourth-order valence-electron chi connectivity index (χ4n) is 1.90. The summed E-state index contributed by atoms with van der Waals surface area (Å²) >= 11 is 1.21. The van der Waals surface area contributed by atoms with Crippen LogP contribution in [0.1, 0.15) is 23.8 Å². The molecule has 0 saturated heterocycles. The summed E-state index contributed by atoms with van der Waals surface area (Å²) in [6, 6.07) is 2.65. The summed E-state index contributed by atoms with van der Waals surface area (Å²) in [5, 5.41) is 14.6. The molecular weight excluding hydrogens is 324 g/mol. The largest absolute Gasteiger partial charge is 0.394 e. The van der Waals surface area contributed by atoms with Crippen LogP contribution in [0.5, 0.6) is 0 Å². The van der Waals surface area contributed by atoms with E-state index in [9.17, 15) is 13.6 Å². The number of hydrogen-bond acceptors (Lipinski definition) is 4. The second-order valence-electron chi connectivity index (χ2n) is 4.93. The van der Waals surface area contributed by atoms with Crippen molar-refractivity contribution in [3.63, 3.8) is 0 Å². The molecule has 1 aromatic heterocycles.